The van der Waals surface area contributed by atoms with E-state index in [1.807, 2.05) is 38.1 Å². The van der Waals surface area contributed by atoms with E-state index in [1.165, 1.54) is 0 Å². The molecule has 114 valence electrons. The third-order valence-electron chi connectivity index (χ3n) is 3.62. The standard InChI is InChI=1S/C16H27NO3/c1-5-17(11-12-20-6-2)13(3)16(18)14-7-9-15(19-4)10-8-14/h7-10,13,16,18H,5-6,11-12H2,1-4H3. The number of hydrogen-bond acceptors (Lipinski definition) is 4. The van der Waals surface area contributed by atoms with Gasteiger partial charge in [-0.2, -0.15) is 0 Å². The lowest BCUT2D eigenvalue weighted by molar-refractivity contribution is 0.0381. The van der Waals surface area contributed by atoms with E-state index in [0.717, 1.165) is 31.0 Å². The van der Waals surface area contributed by atoms with Crippen molar-refractivity contribution in [1.29, 1.82) is 0 Å². The molecule has 1 aromatic carbocycles. The van der Waals surface area contributed by atoms with Gasteiger partial charge in [-0.15, -0.1) is 0 Å². The number of hydrogen-bond donors (Lipinski definition) is 1. The minimum atomic E-state index is -0.512. The second-order valence-electron chi connectivity index (χ2n) is 4.78. The molecule has 2 atom stereocenters. The van der Waals surface area contributed by atoms with Gasteiger partial charge in [-0.25, -0.2) is 0 Å². The van der Waals surface area contributed by atoms with E-state index in [2.05, 4.69) is 11.8 Å². The Bertz CT molecular complexity index is 366. The predicted molar refractivity (Wildman–Crippen MR) is 81.2 cm³/mol. The van der Waals surface area contributed by atoms with Gasteiger partial charge in [0.1, 0.15) is 5.75 Å². The average molecular weight is 281 g/mol. The van der Waals surface area contributed by atoms with E-state index in [9.17, 15) is 5.11 Å². The number of aliphatic hydroxyl groups is 1. The van der Waals surface area contributed by atoms with Gasteiger partial charge < -0.3 is 14.6 Å². The summed E-state index contributed by atoms with van der Waals surface area (Å²) in [5, 5.41) is 10.5. The molecule has 0 spiro atoms. The molecule has 4 nitrogen and oxygen atoms in total. The quantitative estimate of drug-likeness (QED) is 0.706. The van der Waals surface area contributed by atoms with Crippen LogP contribution in [-0.4, -0.2) is 49.5 Å². The predicted octanol–water partition coefficient (Wildman–Crippen LogP) is 2.48. The summed E-state index contributed by atoms with van der Waals surface area (Å²) in [7, 11) is 1.64. The Balaban J connectivity index is 2.64. The van der Waals surface area contributed by atoms with Crippen molar-refractivity contribution in [2.24, 2.45) is 0 Å². The largest absolute Gasteiger partial charge is 0.497 e. The van der Waals surface area contributed by atoms with E-state index in [4.69, 9.17) is 9.47 Å². The molecule has 0 aromatic heterocycles. The van der Waals surface area contributed by atoms with Gasteiger partial charge in [-0.3, -0.25) is 4.90 Å². The Morgan fingerprint density at radius 1 is 1.20 bits per heavy atom. The Morgan fingerprint density at radius 2 is 1.85 bits per heavy atom. The van der Waals surface area contributed by atoms with Gasteiger partial charge in [0.25, 0.3) is 0 Å². The molecule has 1 N–H and O–H groups in total. The van der Waals surface area contributed by atoms with Crippen LogP contribution in [0.4, 0.5) is 0 Å². The van der Waals surface area contributed by atoms with E-state index < -0.39 is 6.10 Å². The van der Waals surface area contributed by atoms with Crippen LogP contribution in [0, 0.1) is 0 Å². The monoisotopic (exact) mass is 281 g/mol. The topological polar surface area (TPSA) is 41.9 Å². The molecular formula is C16H27NO3. The molecule has 0 saturated heterocycles. The first-order valence-electron chi connectivity index (χ1n) is 7.27. The van der Waals surface area contributed by atoms with Crippen molar-refractivity contribution < 1.29 is 14.6 Å². The first kappa shape index (κ1) is 17.0. The molecule has 0 amide bonds. The van der Waals surface area contributed by atoms with E-state index in [1.54, 1.807) is 7.11 Å². The van der Waals surface area contributed by atoms with Crippen LogP contribution in [0.1, 0.15) is 32.4 Å². The minimum Gasteiger partial charge on any atom is -0.497 e. The van der Waals surface area contributed by atoms with Gasteiger partial charge in [0.15, 0.2) is 0 Å². The summed E-state index contributed by atoms with van der Waals surface area (Å²) in [6.07, 6.45) is -0.512. The molecule has 0 bridgehead atoms. The van der Waals surface area contributed by atoms with Crippen LogP contribution in [0.25, 0.3) is 0 Å². The highest BCUT2D eigenvalue weighted by molar-refractivity contribution is 5.29. The average Bonchev–Trinajstić information content (AvgIpc) is 2.50. The van der Waals surface area contributed by atoms with E-state index in [0.29, 0.717) is 6.61 Å². The van der Waals surface area contributed by atoms with Gasteiger partial charge in [0.2, 0.25) is 0 Å². The van der Waals surface area contributed by atoms with Gasteiger partial charge in [-0.1, -0.05) is 19.1 Å². The first-order valence-corrected chi connectivity index (χ1v) is 7.27. The molecule has 0 heterocycles. The second kappa shape index (κ2) is 8.95. The van der Waals surface area contributed by atoms with Crippen molar-refractivity contribution >= 4 is 0 Å². The molecule has 0 fully saturated rings. The zero-order chi connectivity index (χ0) is 15.0. The molecule has 1 aromatic rings. The van der Waals surface area contributed by atoms with Gasteiger partial charge in [0, 0.05) is 19.2 Å². The Labute approximate surface area is 122 Å². The highest BCUT2D eigenvalue weighted by Gasteiger charge is 2.21. The summed E-state index contributed by atoms with van der Waals surface area (Å²) in [5.74, 6) is 0.803. The molecule has 4 heteroatoms. The number of ether oxygens (including phenoxy) is 2. The minimum absolute atomic E-state index is 0.0499. The van der Waals surface area contributed by atoms with Crippen molar-refractivity contribution in [3.63, 3.8) is 0 Å². The van der Waals surface area contributed by atoms with Crippen LogP contribution < -0.4 is 4.74 Å². The third kappa shape index (κ3) is 4.78. The molecule has 0 saturated carbocycles. The van der Waals surface area contributed by atoms with Gasteiger partial charge in [0.05, 0.1) is 19.8 Å². The lowest BCUT2D eigenvalue weighted by Gasteiger charge is -2.31. The second-order valence-corrected chi connectivity index (χ2v) is 4.78. The molecule has 0 aliphatic heterocycles. The zero-order valence-corrected chi connectivity index (χ0v) is 13.0. The van der Waals surface area contributed by atoms with Gasteiger partial charge in [-0.05, 0) is 38.1 Å². The molecular weight excluding hydrogens is 254 g/mol. The van der Waals surface area contributed by atoms with E-state index in [-0.39, 0.29) is 6.04 Å². The highest BCUT2D eigenvalue weighted by Crippen LogP contribution is 2.23. The number of aliphatic hydroxyl groups excluding tert-OH is 1. The molecule has 0 radical (unpaired) electrons. The number of rotatable bonds is 9. The first-order chi connectivity index (χ1) is 9.63. The van der Waals surface area contributed by atoms with Crippen LogP contribution in [-0.2, 0) is 4.74 Å². The molecule has 20 heavy (non-hydrogen) atoms. The van der Waals surface area contributed by atoms with Crippen molar-refractivity contribution in [1.82, 2.24) is 4.90 Å². The molecule has 2 unspecified atom stereocenters. The highest BCUT2D eigenvalue weighted by atomic mass is 16.5. The molecule has 1 rings (SSSR count). The van der Waals surface area contributed by atoms with Crippen LogP contribution >= 0.6 is 0 Å². The third-order valence-corrected chi connectivity index (χ3v) is 3.62. The maximum atomic E-state index is 10.5. The van der Waals surface area contributed by atoms with E-state index >= 15 is 0 Å². The van der Waals surface area contributed by atoms with Crippen LogP contribution in [0.3, 0.4) is 0 Å². The number of likely N-dealkylation sites (N-methyl/N-ethyl adjacent to an activating group) is 1. The van der Waals surface area contributed by atoms with Crippen molar-refractivity contribution in [3.05, 3.63) is 29.8 Å². The fraction of sp³-hybridized carbons (Fsp3) is 0.625. The SMILES string of the molecule is CCOCCN(CC)C(C)C(O)c1ccc(OC)cc1. The normalized spacial score (nSPS) is 14.3. The van der Waals surface area contributed by atoms with Crippen molar-refractivity contribution in [2.75, 3.05) is 33.4 Å². The number of nitrogens with zero attached hydrogens (tertiary/aromatic N) is 1. The van der Waals surface area contributed by atoms with Crippen molar-refractivity contribution in [2.45, 2.75) is 32.9 Å². The fourth-order valence-corrected chi connectivity index (χ4v) is 2.26. The molecule has 0 aliphatic rings. The van der Waals surface area contributed by atoms with Crippen LogP contribution in [0.5, 0.6) is 5.75 Å². The van der Waals surface area contributed by atoms with Crippen LogP contribution in [0.15, 0.2) is 24.3 Å². The van der Waals surface area contributed by atoms with Crippen LogP contribution in [0.2, 0.25) is 0 Å². The maximum Gasteiger partial charge on any atom is 0.118 e. The summed E-state index contributed by atoms with van der Waals surface area (Å²) in [5.41, 5.74) is 0.910. The number of methoxy groups -OCH3 is 1. The lowest BCUT2D eigenvalue weighted by Crippen LogP contribution is -2.39. The Morgan fingerprint density at radius 3 is 2.35 bits per heavy atom. The maximum absolute atomic E-state index is 10.5. The Hall–Kier alpha value is -1.10. The summed E-state index contributed by atoms with van der Waals surface area (Å²) < 4.78 is 10.5. The van der Waals surface area contributed by atoms with Gasteiger partial charge >= 0.3 is 0 Å². The Kier molecular flexibility index (Phi) is 7.59. The zero-order valence-electron chi connectivity index (χ0n) is 13.0. The fourth-order valence-electron chi connectivity index (χ4n) is 2.26. The molecule has 0 aliphatic carbocycles. The smallest absolute Gasteiger partial charge is 0.118 e. The summed E-state index contributed by atoms with van der Waals surface area (Å²) in [6.45, 7) is 9.29. The summed E-state index contributed by atoms with van der Waals surface area (Å²) in [6, 6.07) is 7.63. The van der Waals surface area contributed by atoms with Crippen molar-refractivity contribution in [3.8, 4) is 5.75 Å². The lowest BCUT2D eigenvalue weighted by atomic mass is 10.0. The number of benzene rings is 1. The summed E-state index contributed by atoms with van der Waals surface area (Å²) >= 11 is 0. The summed E-state index contributed by atoms with van der Waals surface area (Å²) in [4.78, 5) is 2.23.